The molecule has 7 nitrogen and oxygen atoms in total. The fourth-order valence-electron chi connectivity index (χ4n) is 5.30. The molecule has 10 heteroatoms. The Hall–Kier alpha value is -3.11. The van der Waals surface area contributed by atoms with Crippen molar-refractivity contribution in [2.24, 2.45) is 5.92 Å². The fraction of sp³-hybridized carbons (Fsp3) is 0.385. The Kier molecular flexibility index (Phi) is 6.65. The number of halogens is 2. The molecule has 3 fully saturated rings. The van der Waals surface area contributed by atoms with Crippen molar-refractivity contribution in [1.29, 1.82) is 0 Å². The van der Waals surface area contributed by atoms with Crippen LogP contribution in [0.15, 0.2) is 36.7 Å². The molecule has 2 bridgehead atoms. The van der Waals surface area contributed by atoms with E-state index in [-0.39, 0.29) is 32.0 Å². The minimum Gasteiger partial charge on any atom is -0.489 e. The molecular formula is C26H28F2N6OS. The molecule has 0 unspecified atom stereocenters. The molecule has 188 valence electrons. The number of benzene rings is 1. The predicted octanol–water partition coefficient (Wildman–Crippen LogP) is 4.42. The minimum absolute atomic E-state index is 0. The molecule has 3 saturated heterocycles. The molecular weight excluding hydrogens is 482 g/mol. The van der Waals surface area contributed by atoms with Crippen molar-refractivity contribution in [2.75, 3.05) is 19.6 Å². The maximum Gasteiger partial charge on any atom is 0.164 e. The highest BCUT2D eigenvalue weighted by Gasteiger charge is 2.35. The fourth-order valence-corrected chi connectivity index (χ4v) is 5.30. The summed E-state index contributed by atoms with van der Waals surface area (Å²) in [5.41, 5.74) is 2.82. The molecule has 3 aliphatic heterocycles. The molecule has 3 aliphatic rings. The number of hydrogen-bond acceptors (Lipinski definition) is 6. The first-order chi connectivity index (χ1) is 16.9. The van der Waals surface area contributed by atoms with E-state index in [1.807, 2.05) is 13.0 Å². The van der Waals surface area contributed by atoms with Gasteiger partial charge in [-0.15, -0.1) is 0 Å². The third-order valence-electron chi connectivity index (χ3n) is 7.08. The lowest BCUT2D eigenvalue weighted by Crippen LogP contribution is -2.52. The zero-order chi connectivity index (χ0) is 24.1. The highest BCUT2D eigenvalue weighted by molar-refractivity contribution is 7.59. The summed E-state index contributed by atoms with van der Waals surface area (Å²) in [6, 6.07) is 6.39. The minimum atomic E-state index is -0.472. The second kappa shape index (κ2) is 9.74. The van der Waals surface area contributed by atoms with Gasteiger partial charge in [0.05, 0.1) is 18.4 Å². The lowest BCUT2D eigenvalue weighted by atomic mass is 9.86. The number of piperidine rings is 3. The average molecular weight is 511 g/mol. The van der Waals surface area contributed by atoms with Crippen LogP contribution in [0.3, 0.4) is 0 Å². The maximum absolute atomic E-state index is 15.3. The maximum atomic E-state index is 15.3. The van der Waals surface area contributed by atoms with Crippen LogP contribution in [-0.4, -0.2) is 55.1 Å². The number of nitrogens with zero attached hydrogens (tertiary/aromatic N) is 6. The van der Waals surface area contributed by atoms with E-state index in [9.17, 15) is 4.39 Å². The van der Waals surface area contributed by atoms with E-state index < -0.39 is 5.82 Å². The van der Waals surface area contributed by atoms with Crippen LogP contribution in [0.2, 0.25) is 0 Å². The molecule has 4 aromatic rings. The summed E-state index contributed by atoms with van der Waals surface area (Å²) in [6.07, 6.45) is 5.06. The van der Waals surface area contributed by atoms with E-state index >= 15 is 4.39 Å². The van der Waals surface area contributed by atoms with Gasteiger partial charge in [-0.1, -0.05) is 6.07 Å². The van der Waals surface area contributed by atoms with Crippen molar-refractivity contribution >= 4 is 24.7 Å². The molecule has 0 spiro atoms. The zero-order valence-corrected chi connectivity index (χ0v) is 21.2. The van der Waals surface area contributed by atoms with Gasteiger partial charge in [-0.2, -0.15) is 13.5 Å². The average Bonchev–Trinajstić information content (AvgIpc) is 3.20. The Morgan fingerprint density at radius 2 is 1.83 bits per heavy atom. The standard InChI is InChI=1S/C26H26F2N6O.H2S/c1-15-24-26(31-16(2)30-15)34(25(32-24)19-9-20(27)12-29-11-19)13-18-3-4-21(10-22(18)28)35-23-14-33-7-5-17(23)6-8-33;/h3-4,9-12,17,23H,5-8,13-14H2,1-2H3;1H2/t23-;/m1./s1. The lowest BCUT2D eigenvalue weighted by Gasteiger charge is -2.44. The Labute approximate surface area is 215 Å². The Balaban J connectivity index is 0.00000267. The Bertz CT molecular complexity index is 1420. The van der Waals surface area contributed by atoms with Crippen LogP contribution >= 0.6 is 13.5 Å². The molecule has 0 amide bonds. The topological polar surface area (TPSA) is 69.0 Å². The highest BCUT2D eigenvalue weighted by atomic mass is 32.1. The van der Waals surface area contributed by atoms with Crippen molar-refractivity contribution in [2.45, 2.75) is 39.3 Å². The predicted molar refractivity (Wildman–Crippen MR) is 137 cm³/mol. The Morgan fingerprint density at radius 1 is 1.03 bits per heavy atom. The molecule has 6 heterocycles. The van der Waals surface area contributed by atoms with Gasteiger partial charge >= 0.3 is 0 Å². The molecule has 0 radical (unpaired) electrons. The third kappa shape index (κ3) is 4.55. The van der Waals surface area contributed by atoms with Crippen molar-refractivity contribution in [3.05, 3.63) is 65.4 Å². The summed E-state index contributed by atoms with van der Waals surface area (Å²) in [4.78, 5) is 20.0. The van der Waals surface area contributed by atoms with Gasteiger partial charge < -0.3 is 9.30 Å². The summed E-state index contributed by atoms with van der Waals surface area (Å²) < 4.78 is 37.3. The summed E-state index contributed by atoms with van der Waals surface area (Å²) in [6.45, 7) is 6.98. The number of fused-ring (bicyclic) bond motifs is 4. The normalized spacial score (nSPS) is 20.9. The van der Waals surface area contributed by atoms with Crippen molar-refractivity contribution in [3.8, 4) is 17.1 Å². The summed E-state index contributed by atoms with van der Waals surface area (Å²) in [5, 5.41) is 0. The number of pyridine rings is 1. The smallest absolute Gasteiger partial charge is 0.164 e. The van der Waals surface area contributed by atoms with Gasteiger partial charge in [-0.25, -0.2) is 23.7 Å². The number of rotatable bonds is 5. The van der Waals surface area contributed by atoms with Gasteiger partial charge in [0, 0.05) is 29.9 Å². The van der Waals surface area contributed by atoms with Crippen LogP contribution < -0.4 is 4.74 Å². The number of imidazole rings is 1. The first kappa shape index (κ1) is 24.6. The van der Waals surface area contributed by atoms with Gasteiger partial charge in [0.25, 0.3) is 0 Å². The first-order valence-corrected chi connectivity index (χ1v) is 11.9. The number of aromatic nitrogens is 5. The van der Waals surface area contributed by atoms with Crippen LogP contribution in [0.25, 0.3) is 22.6 Å². The molecule has 7 rings (SSSR count). The molecule has 36 heavy (non-hydrogen) atoms. The summed E-state index contributed by atoms with van der Waals surface area (Å²) >= 11 is 0. The van der Waals surface area contributed by atoms with Crippen molar-refractivity contribution in [3.63, 3.8) is 0 Å². The van der Waals surface area contributed by atoms with Crippen molar-refractivity contribution in [1.82, 2.24) is 29.4 Å². The first-order valence-electron chi connectivity index (χ1n) is 11.9. The third-order valence-corrected chi connectivity index (χ3v) is 7.08. The van der Waals surface area contributed by atoms with Crippen LogP contribution in [0, 0.1) is 31.4 Å². The van der Waals surface area contributed by atoms with E-state index in [1.54, 1.807) is 17.6 Å². The monoisotopic (exact) mass is 510 g/mol. The second-order valence-corrected chi connectivity index (χ2v) is 9.49. The molecule has 0 saturated carbocycles. The van der Waals surface area contributed by atoms with E-state index in [0.29, 0.717) is 51.3 Å². The van der Waals surface area contributed by atoms with E-state index in [0.717, 1.165) is 38.7 Å². The van der Waals surface area contributed by atoms with Crippen LogP contribution in [0.5, 0.6) is 5.75 Å². The van der Waals surface area contributed by atoms with E-state index in [2.05, 4.69) is 24.8 Å². The molecule has 0 aliphatic carbocycles. The summed E-state index contributed by atoms with van der Waals surface area (Å²) in [7, 11) is 0. The highest BCUT2D eigenvalue weighted by Crippen LogP contribution is 2.32. The number of aryl methyl sites for hydroxylation is 2. The van der Waals surface area contributed by atoms with Gasteiger partial charge in [0.1, 0.15) is 40.7 Å². The van der Waals surface area contributed by atoms with Gasteiger partial charge in [0.15, 0.2) is 5.65 Å². The van der Waals surface area contributed by atoms with E-state index in [1.165, 1.54) is 18.3 Å². The molecule has 0 N–H and O–H groups in total. The largest absolute Gasteiger partial charge is 0.489 e. The van der Waals surface area contributed by atoms with Gasteiger partial charge in [-0.05, 0) is 57.8 Å². The quantitative estimate of drug-likeness (QED) is 0.396. The number of hydrogen-bond donors (Lipinski definition) is 0. The van der Waals surface area contributed by atoms with Crippen LogP contribution in [0.1, 0.15) is 29.9 Å². The molecule has 1 atom stereocenters. The van der Waals surface area contributed by atoms with Gasteiger partial charge in [-0.3, -0.25) is 9.88 Å². The molecule has 1 aromatic carbocycles. The lowest BCUT2D eigenvalue weighted by molar-refractivity contribution is -0.00789. The van der Waals surface area contributed by atoms with Crippen LogP contribution in [-0.2, 0) is 6.54 Å². The van der Waals surface area contributed by atoms with Crippen LogP contribution in [0.4, 0.5) is 8.78 Å². The zero-order valence-electron chi connectivity index (χ0n) is 20.2. The number of ether oxygens (including phenoxy) is 1. The summed E-state index contributed by atoms with van der Waals surface area (Å²) in [5.74, 6) is 1.29. The van der Waals surface area contributed by atoms with E-state index in [4.69, 9.17) is 4.74 Å². The SMILES string of the molecule is Cc1nc(C)c2nc(-c3cncc(F)c3)n(Cc3ccc(O[C@@H]4CN5CCC4CC5)cc3F)c2n1.S. The van der Waals surface area contributed by atoms with Gasteiger partial charge in [0.2, 0.25) is 0 Å². The van der Waals surface area contributed by atoms with Crippen molar-refractivity contribution < 1.29 is 13.5 Å². The second-order valence-electron chi connectivity index (χ2n) is 9.49. The Morgan fingerprint density at radius 3 is 2.53 bits per heavy atom. The molecule has 3 aromatic heterocycles.